The van der Waals surface area contributed by atoms with Crippen molar-refractivity contribution in [3.63, 3.8) is 0 Å². The van der Waals surface area contributed by atoms with Gasteiger partial charge in [0.15, 0.2) is 11.5 Å². The summed E-state index contributed by atoms with van der Waals surface area (Å²) in [7, 11) is -2.03. The highest BCUT2D eigenvalue weighted by Crippen LogP contribution is 2.28. The summed E-state index contributed by atoms with van der Waals surface area (Å²) in [5, 5.41) is 2.82. The molecule has 0 saturated heterocycles. The fraction of sp³-hybridized carbons (Fsp3) is 0.409. The Morgan fingerprint density at radius 2 is 1.93 bits per heavy atom. The lowest BCUT2D eigenvalue weighted by atomic mass is 10.1. The predicted octanol–water partition coefficient (Wildman–Crippen LogP) is 3.24. The molecule has 8 heteroatoms. The molecule has 0 atom stereocenters. The van der Waals surface area contributed by atoms with Crippen molar-refractivity contribution in [1.82, 2.24) is 10.0 Å². The topological polar surface area (TPSA) is 93.7 Å². The average Bonchev–Trinajstić information content (AvgIpc) is 3.56. The van der Waals surface area contributed by atoms with Gasteiger partial charge in [0.25, 0.3) is 5.91 Å². The fourth-order valence-electron chi connectivity index (χ4n) is 2.85. The third kappa shape index (κ3) is 5.96. The maximum absolute atomic E-state index is 12.5. The molecule has 2 N–H and O–H groups in total. The number of hydrogen-bond acceptors (Lipinski definition) is 5. The number of rotatable bonds is 11. The molecule has 3 rings (SSSR count). The minimum atomic E-state index is -3.60. The zero-order chi connectivity index (χ0) is 21.6. The van der Waals surface area contributed by atoms with Gasteiger partial charge in [-0.15, -0.1) is 0 Å². The lowest BCUT2D eigenvalue weighted by molar-refractivity contribution is 0.0950. The number of carbonyl (C=O) groups is 1. The summed E-state index contributed by atoms with van der Waals surface area (Å²) in [6, 6.07) is 11.6. The van der Waals surface area contributed by atoms with Gasteiger partial charge >= 0.3 is 0 Å². The van der Waals surface area contributed by atoms with Crippen molar-refractivity contribution in [2.75, 3.05) is 13.7 Å². The number of hydrogen-bond donors (Lipinski definition) is 2. The third-order valence-corrected chi connectivity index (χ3v) is 6.26. The van der Waals surface area contributed by atoms with Crippen LogP contribution in [0, 0.1) is 0 Å². The molecule has 2 aromatic carbocycles. The molecule has 0 radical (unpaired) electrons. The Bertz CT molecular complexity index is 987. The number of amides is 1. The summed E-state index contributed by atoms with van der Waals surface area (Å²) >= 11 is 0. The molecule has 0 bridgehead atoms. The van der Waals surface area contributed by atoms with Gasteiger partial charge in [0.2, 0.25) is 10.0 Å². The minimum Gasteiger partial charge on any atom is -0.493 e. The second-order valence-corrected chi connectivity index (χ2v) is 9.01. The number of sulfonamides is 1. The molecule has 0 aromatic heterocycles. The molecule has 0 heterocycles. The smallest absolute Gasteiger partial charge is 0.251 e. The van der Waals surface area contributed by atoms with Crippen molar-refractivity contribution in [3.8, 4) is 11.5 Å². The molecule has 1 amide bonds. The Balaban J connectivity index is 1.63. The molecule has 0 unspecified atom stereocenters. The van der Waals surface area contributed by atoms with Gasteiger partial charge in [-0.25, -0.2) is 13.1 Å². The van der Waals surface area contributed by atoms with Crippen molar-refractivity contribution >= 4 is 15.9 Å². The summed E-state index contributed by atoms with van der Waals surface area (Å²) in [5.41, 5.74) is 1.14. The van der Waals surface area contributed by atoms with E-state index in [0.29, 0.717) is 23.7 Å². The van der Waals surface area contributed by atoms with Crippen molar-refractivity contribution in [3.05, 3.63) is 53.6 Å². The van der Waals surface area contributed by atoms with E-state index < -0.39 is 10.0 Å². The molecule has 162 valence electrons. The normalized spacial score (nSPS) is 13.7. The monoisotopic (exact) mass is 432 g/mol. The molecule has 0 aliphatic heterocycles. The second-order valence-electron chi connectivity index (χ2n) is 7.29. The first-order valence-corrected chi connectivity index (χ1v) is 11.6. The number of carbonyl (C=O) groups excluding carboxylic acids is 1. The van der Waals surface area contributed by atoms with Gasteiger partial charge in [-0.3, -0.25) is 4.79 Å². The molecule has 0 spiro atoms. The van der Waals surface area contributed by atoms with Crippen molar-refractivity contribution < 1.29 is 22.7 Å². The highest BCUT2D eigenvalue weighted by molar-refractivity contribution is 7.89. The Labute approximate surface area is 177 Å². The highest BCUT2D eigenvalue weighted by atomic mass is 32.2. The van der Waals surface area contributed by atoms with Crippen LogP contribution in [-0.4, -0.2) is 34.1 Å². The van der Waals surface area contributed by atoms with Gasteiger partial charge in [0.05, 0.1) is 18.6 Å². The van der Waals surface area contributed by atoms with E-state index in [2.05, 4.69) is 17.0 Å². The first-order valence-electron chi connectivity index (χ1n) is 10.1. The number of benzene rings is 2. The van der Waals surface area contributed by atoms with E-state index in [1.165, 1.54) is 12.1 Å². The van der Waals surface area contributed by atoms with E-state index in [-0.39, 0.29) is 23.4 Å². The van der Waals surface area contributed by atoms with Crippen molar-refractivity contribution in [1.29, 1.82) is 0 Å². The van der Waals surface area contributed by atoms with Gasteiger partial charge in [-0.2, -0.15) is 0 Å². The molecular weight excluding hydrogens is 404 g/mol. The lowest BCUT2D eigenvalue weighted by Crippen LogP contribution is -2.27. The average molecular weight is 433 g/mol. The molecular formula is C22H28N2O5S. The maximum atomic E-state index is 12.5. The van der Waals surface area contributed by atoms with Crippen LogP contribution in [-0.2, 0) is 16.6 Å². The van der Waals surface area contributed by atoms with Gasteiger partial charge < -0.3 is 14.8 Å². The van der Waals surface area contributed by atoms with Crippen LogP contribution < -0.4 is 19.5 Å². The third-order valence-electron chi connectivity index (χ3n) is 4.74. The highest BCUT2D eigenvalue weighted by Gasteiger charge is 2.28. The van der Waals surface area contributed by atoms with Gasteiger partial charge in [0.1, 0.15) is 0 Å². The van der Waals surface area contributed by atoms with Crippen LogP contribution in [0.1, 0.15) is 48.5 Å². The Hall–Kier alpha value is -2.58. The van der Waals surface area contributed by atoms with E-state index >= 15 is 0 Å². The van der Waals surface area contributed by atoms with E-state index in [0.717, 1.165) is 31.2 Å². The molecule has 1 saturated carbocycles. The number of nitrogens with one attached hydrogen (secondary N) is 2. The van der Waals surface area contributed by atoms with E-state index in [9.17, 15) is 13.2 Å². The van der Waals surface area contributed by atoms with Crippen LogP contribution in [0.15, 0.2) is 47.4 Å². The van der Waals surface area contributed by atoms with Crippen molar-refractivity contribution in [2.24, 2.45) is 0 Å². The molecule has 1 fully saturated rings. The van der Waals surface area contributed by atoms with E-state index in [1.807, 2.05) is 18.2 Å². The van der Waals surface area contributed by atoms with Gasteiger partial charge in [-0.05, 0) is 55.2 Å². The molecule has 7 nitrogen and oxygen atoms in total. The van der Waals surface area contributed by atoms with Crippen LogP contribution in [0.4, 0.5) is 0 Å². The first kappa shape index (κ1) is 22.1. The molecule has 1 aliphatic carbocycles. The SMILES string of the molecule is CCCCOc1ccc(CNC(=O)c2cccc(S(=O)(=O)NC3CC3)c2)cc1OC. The predicted molar refractivity (Wildman–Crippen MR) is 114 cm³/mol. The summed E-state index contributed by atoms with van der Waals surface area (Å²) in [4.78, 5) is 12.6. The van der Waals surface area contributed by atoms with Crippen LogP contribution in [0.25, 0.3) is 0 Å². The lowest BCUT2D eigenvalue weighted by Gasteiger charge is -2.13. The fourth-order valence-corrected chi connectivity index (χ4v) is 4.20. The number of methoxy groups -OCH3 is 1. The minimum absolute atomic E-state index is 0.0105. The Morgan fingerprint density at radius 3 is 2.63 bits per heavy atom. The summed E-state index contributed by atoms with van der Waals surface area (Å²) in [6.07, 6.45) is 3.72. The summed E-state index contributed by atoms with van der Waals surface area (Å²) in [6.45, 7) is 3.00. The van der Waals surface area contributed by atoms with Crippen LogP contribution in [0.3, 0.4) is 0 Å². The maximum Gasteiger partial charge on any atom is 0.251 e. The largest absolute Gasteiger partial charge is 0.493 e. The quantitative estimate of drug-likeness (QED) is 0.532. The van der Waals surface area contributed by atoms with Crippen LogP contribution in [0.5, 0.6) is 11.5 Å². The molecule has 1 aliphatic rings. The van der Waals surface area contributed by atoms with E-state index in [4.69, 9.17) is 9.47 Å². The van der Waals surface area contributed by atoms with Gasteiger partial charge in [0, 0.05) is 18.2 Å². The Morgan fingerprint density at radius 1 is 1.13 bits per heavy atom. The zero-order valence-electron chi connectivity index (χ0n) is 17.3. The number of ether oxygens (including phenoxy) is 2. The second kappa shape index (κ2) is 9.95. The van der Waals surface area contributed by atoms with Gasteiger partial charge in [-0.1, -0.05) is 25.5 Å². The van der Waals surface area contributed by atoms with Crippen LogP contribution >= 0.6 is 0 Å². The molecule has 2 aromatic rings. The summed E-state index contributed by atoms with van der Waals surface area (Å²) in [5.74, 6) is 0.930. The summed E-state index contributed by atoms with van der Waals surface area (Å²) < 4.78 is 38.5. The zero-order valence-corrected chi connectivity index (χ0v) is 18.1. The molecule has 30 heavy (non-hydrogen) atoms. The first-order chi connectivity index (χ1) is 14.4. The standard InChI is InChI=1S/C22H28N2O5S/c1-3-4-12-29-20-11-8-16(13-21(20)28-2)15-23-22(25)17-6-5-7-19(14-17)30(26,27)24-18-9-10-18/h5-8,11,13-14,18,24H,3-4,9-10,12,15H2,1-2H3,(H,23,25). The van der Waals surface area contributed by atoms with Crippen LogP contribution in [0.2, 0.25) is 0 Å². The number of unbranched alkanes of at least 4 members (excludes halogenated alkanes) is 1. The Kier molecular flexibility index (Phi) is 7.33. The van der Waals surface area contributed by atoms with Crippen molar-refractivity contribution in [2.45, 2.75) is 50.1 Å². The van der Waals surface area contributed by atoms with E-state index in [1.54, 1.807) is 19.2 Å².